The Hall–Kier alpha value is -2.54. The summed E-state index contributed by atoms with van der Waals surface area (Å²) in [5, 5.41) is 2.26. The first kappa shape index (κ1) is 18.3. The van der Waals surface area contributed by atoms with Crippen molar-refractivity contribution in [1.29, 1.82) is 0 Å². The molecule has 7 heteroatoms. The highest BCUT2D eigenvalue weighted by molar-refractivity contribution is 7.17. The third-order valence-corrected chi connectivity index (χ3v) is 5.00. The molecule has 3 rings (SSSR count). The summed E-state index contributed by atoms with van der Waals surface area (Å²) in [5.74, 6) is -0.773. The van der Waals surface area contributed by atoms with Crippen molar-refractivity contribution in [3.8, 4) is 11.1 Å². The molecule has 5 nitrogen and oxygen atoms in total. The standard InChI is InChI=1S/C19H19FN2O3S/c1-3-9-25-19(24)15(4-2)22-11-21-17-16(18(22)23)14(10-26-17)12-5-7-13(20)8-6-12/h5-8,10-11,15H,3-4,9H2,1-2H3. The first-order chi connectivity index (χ1) is 12.6. The molecule has 2 aromatic heterocycles. The Bertz CT molecular complexity index is 979. The van der Waals surface area contributed by atoms with Crippen LogP contribution in [0.3, 0.4) is 0 Å². The number of carbonyl (C=O) groups excluding carboxylic acids is 1. The molecule has 3 aromatic rings. The van der Waals surface area contributed by atoms with Gasteiger partial charge in [0.15, 0.2) is 0 Å². The Morgan fingerprint density at radius 3 is 2.69 bits per heavy atom. The van der Waals surface area contributed by atoms with E-state index in [-0.39, 0.29) is 11.4 Å². The fraction of sp³-hybridized carbons (Fsp3) is 0.316. The lowest BCUT2D eigenvalue weighted by atomic mass is 10.1. The average molecular weight is 374 g/mol. The zero-order valence-corrected chi connectivity index (χ0v) is 15.4. The molecule has 0 N–H and O–H groups in total. The SMILES string of the molecule is CCCOC(=O)C(CC)n1cnc2scc(-c3ccc(F)cc3)c2c1=O. The van der Waals surface area contributed by atoms with E-state index in [1.165, 1.54) is 34.4 Å². The number of thiophene rings is 1. The Balaban J connectivity index is 2.10. The highest BCUT2D eigenvalue weighted by atomic mass is 32.1. The van der Waals surface area contributed by atoms with E-state index in [0.717, 1.165) is 5.56 Å². The van der Waals surface area contributed by atoms with Gasteiger partial charge >= 0.3 is 5.97 Å². The van der Waals surface area contributed by atoms with Gasteiger partial charge in [0.25, 0.3) is 5.56 Å². The Morgan fingerprint density at radius 2 is 2.04 bits per heavy atom. The predicted molar refractivity (Wildman–Crippen MR) is 99.9 cm³/mol. The van der Waals surface area contributed by atoms with Crippen molar-refractivity contribution in [2.75, 3.05) is 6.61 Å². The molecule has 0 fully saturated rings. The zero-order valence-electron chi connectivity index (χ0n) is 14.6. The quantitative estimate of drug-likeness (QED) is 0.608. The van der Waals surface area contributed by atoms with Crippen molar-refractivity contribution >= 4 is 27.5 Å². The molecule has 0 aliphatic heterocycles. The predicted octanol–water partition coefficient (Wildman–Crippen LogP) is 4.17. The van der Waals surface area contributed by atoms with Gasteiger partial charge in [-0.1, -0.05) is 26.0 Å². The summed E-state index contributed by atoms with van der Waals surface area (Å²) < 4.78 is 19.7. The summed E-state index contributed by atoms with van der Waals surface area (Å²) in [6.07, 6.45) is 2.54. The second-order valence-corrected chi connectivity index (χ2v) is 6.74. The van der Waals surface area contributed by atoms with Crippen LogP contribution in [-0.2, 0) is 9.53 Å². The molecule has 0 amide bonds. The highest BCUT2D eigenvalue weighted by Crippen LogP contribution is 2.31. The fourth-order valence-corrected chi connectivity index (χ4v) is 3.69. The maximum atomic E-state index is 13.2. The number of benzene rings is 1. The highest BCUT2D eigenvalue weighted by Gasteiger charge is 2.23. The van der Waals surface area contributed by atoms with E-state index in [9.17, 15) is 14.0 Å². The Kier molecular flexibility index (Phi) is 5.46. The number of carbonyl (C=O) groups is 1. The second kappa shape index (κ2) is 7.78. The molecule has 136 valence electrons. The number of aromatic nitrogens is 2. The summed E-state index contributed by atoms with van der Waals surface area (Å²) in [6, 6.07) is 5.24. The van der Waals surface area contributed by atoms with Gasteiger partial charge in [0.05, 0.1) is 18.3 Å². The first-order valence-corrected chi connectivity index (χ1v) is 9.35. The lowest BCUT2D eigenvalue weighted by Crippen LogP contribution is -2.31. The molecule has 0 saturated carbocycles. The number of fused-ring (bicyclic) bond motifs is 1. The van der Waals surface area contributed by atoms with Crippen molar-refractivity contribution in [3.63, 3.8) is 0 Å². The van der Waals surface area contributed by atoms with E-state index in [0.29, 0.717) is 35.2 Å². The average Bonchev–Trinajstić information content (AvgIpc) is 3.08. The maximum absolute atomic E-state index is 13.2. The van der Waals surface area contributed by atoms with Crippen LogP contribution in [0.5, 0.6) is 0 Å². The number of ether oxygens (including phenoxy) is 1. The van der Waals surface area contributed by atoms with Gasteiger partial charge in [-0.05, 0) is 30.5 Å². The van der Waals surface area contributed by atoms with E-state index in [1.54, 1.807) is 12.1 Å². The fourth-order valence-electron chi connectivity index (χ4n) is 2.79. The van der Waals surface area contributed by atoms with Crippen LogP contribution in [0.1, 0.15) is 32.7 Å². The first-order valence-electron chi connectivity index (χ1n) is 8.47. The third kappa shape index (κ3) is 3.39. The van der Waals surface area contributed by atoms with E-state index in [4.69, 9.17) is 4.74 Å². The van der Waals surface area contributed by atoms with Crippen LogP contribution in [0.25, 0.3) is 21.3 Å². The smallest absolute Gasteiger partial charge is 0.329 e. The minimum absolute atomic E-state index is 0.295. The van der Waals surface area contributed by atoms with Crippen LogP contribution in [0.15, 0.2) is 40.8 Å². The van der Waals surface area contributed by atoms with Crippen LogP contribution in [0.2, 0.25) is 0 Å². The number of nitrogens with zero attached hydrogens (tertiary/aromatic N) is 2. The van der Waals surface area contributed by atoms with E-state index >= 15 is 0 Å². The normalized spacial score (nSPS) is 12.3. The monoisotopic (exact) mass is 374 g/mol. The molecule has 0 radical (unpaired) electrons. The van der Waals surface area contributed by atoms with Gasteiger partial charge in [-0.3, -0.25) is 9.36 Å². The topological polar surface area (TPSA) is 61.2 Å². The second-order valence-electron chi connectivity index (χ2n) is 5.88. The summed E-state index contributed by atoms with van der Waals surface area (Å²) in [5.41, 5.74) is 1.13. The van der Waals surface area contributed by atoms with Crippen LogP contribution in [-0.4, -0.2) is 22.1 Å². The number of hydrogen-bond acceptors (Lipinski definition) is 5. The van der Waals surface area contributed by atoms with Crippen molar-refractivity contribution in [1.82, 2.24) is 9.55 Å². The van der Waals surface area contributed by atoms with E-state index < -0.39 is 12.0 Å². The zero-order chi connectivity index (χ0) is 18.7. The van der Waals surface area contributed by atoms with Crippen molar-refractivity contribution in [2.45, 2.75) is 32.7 Å². The van der Waals surface area contributed by atoms with Gasteiger partial charge in [0.2, 0.25) is 0 Å². The van der Waals surface area contributed by atoms with Crippen LogP contribution in [0.4, 0.5) is 4.39 Å². The maximum Gasteiger partial charge on any atom is 0.329 e. The van der Waals surface area contributed by atoms with E-state index in [2.05, 4.69) is 4.98 Å². The van der Waals surface area contributed by atoms with Gasteiger partial charge in [-0.25, -0.2) is 14.2 Å². The van der Waals surface area contributed by atoms with Crippen molar-refractivity contribution in [3.05, 3.63) is 52.1 Å². The summed E-state index contributed by atoms with van der Waals surface area (Å²) in [4.78, 5) is 30.3. The van der Waals surface area contributed by atoms with Gasteiger partial charge in [0.1, 0.15) is 16.7 Å². The minimum atomic E-state index is -0.716. The van der Waals surface area contributed by atoms with Gasteiger partial charge in [0, 0.05) is 10.9 Å². The summed E-state index contributed by atoms with van der Waals surface area (Å²) in [6.45, 7) is 4.05. The van der Waals surface area contributed by atoms with Gasteiger partial charge in [-0.15, -0.1) is 11.3 Å². The van der Waals surface area contributed by atoms with Crippen molar-refractivity contribution in [2.24, 2.45) is 0 Å². The number of halogens is 1. The summed E-state index contributed by atoms with van der Waals surface area (Å²) in [7, 11) is 0. The lowest BCUT2D eigenvalue weighted by molar-refractivity contribution is -0.147. The largest absolute Gasteiger partial charge is 0.464 e. The third-order valence-electron chi connectivity index (χ3n) is 4.12. The molecule has 26 heavy (non-hydrogen) atoms. The van der Waals surface area contributed by atoms with Crippen LogP contribution >= 0.6 is 11.3 Å². The summed E-state index contributed by atoms with van der Waals surface area (Å²) >= 11 is 1.34. The molecule has 1 aromatic carbocycles. The minimum Gasteiger partial charge on any atom is -0.464 e. The molecule has 0 spiro atoms. The molecule has 1 unspecified atom stereocenters. The van der Waals surface area contributed by atoms with E-state index in [1.807, 2.05) is 19.2 Å². The number of hydrogen-bond donors (Lipinski definition) is 0. The number of rotatable bonds is 6. The van der Waals surface area contributed by atoms with Crippen LogP contribution in [0, 0.1) is 5.82 Å². The molecule has 2 heterocycles. The molecule has 1 atom stereocenters. The molecular weight excluding hydrogens is 355 g/mol. The molecule has 0 aliphatic rings. The van der Waals surface area contributed by atoms with Crippen molar-refractivity contribution < 1.29 is 13.9 Å². The molecule has 0 bridgehead atoms. The lowest BCUT2D eigenvalue weighted by Gasteiger charge is -2.16. The molecular formula is C19H19FN2O3S. The molecule has 0 saturated heterocycles. The molecule has 0 aliphatic carbocycles. The number of esters is 1. The van der Waals surface area contributed by atoms with Gasteiger partial charge in [-0.2, -0.15) is 0 Å². The van der Waals surface area contributed by atoms with Gasteiger partial charge < -0.3 is 4.74 Å². The Labute approximate surface area is 154 Å². The Morgan fingerprint density at radius 1 is 1.31 bits per heavy atom. The van der Waals surface area contributed by atoms with Crippen LogP contribution < -0.4 is 5.56 Å².